The number of rotatable bonds is 2. The first-order valence-electron chi connectivity index (χ1n) is 8.24. The van der Waals surface area contributed by atoms with Crippen molar-refractivity contribution in [1.29, 1.82) is 0 Å². The van der Waals surface area contributed by atoms with E-state index in [9.17, 15) is 4.79 Å². The van der Waals surface area contributed by atoms with Gasteiger partial charge in [-0.05, 0) is 39.5 Å². The van der Waals surface area contributed by atoms with Gasteiger partial charge in [0.25, 0.3) is 11.8 Å². The van der Waals surface area contributed by atoms with Gasteiger partial charge in [-0.3, -0.25) is 4.79 Å². The van der Waals surface area contributed by atoms with E-state index in [1.54, 1.807) is 0 Å². The minimum atomic E-state index is -0.165. The van der Waals surface area contributed by atoms with Crippen LogP contribution in [0.3, 0.4) is 0 Å². The number of aryl methyl sites for hydroxylation is 2. The number of thiazole rings is 1. The van der Waals surface area contributed by atoms with Crippen molar-refractivity contribution in [2.75, 3.05) is 13.1 Å². The molecule has 2 saturated heterocycles. The Hall–Kier alpha value is -1.80. The molecule has 2 aromatic heterocycles. The van der Waals surface area contributed by atoms with Crippen LogP contribution in [0.4, 0.5) is 0 Å². The number of hydrogen-bond acceptors (Lipinski definition) is 7. The van der Waals surface area contributed by atoms with E-state index in [4.69, 9.17) is 9.26 Å². The number of nitrogens with zero attached hydrogens (tertiary/aromatic N) is 4. The van der Waals surface area contributed by atoms with E-state index in [1.165, 1.54) is 11.3 Å². The molecule has 0 unspecified atom stereocenters. The topological polar surface area (TPSA) is 81.4 Å². The molecule has 0 N–H and O–H groups in total. The van der Waals surface area contributed by atoms with Crippen molar-refractivity contribution in [3.05, 3.63) is 27.8 Å². The van der Waals surface area contributed by atoms with Crippen LogP contribution in [0.5, 0.6) is 0 Å². The van der Waals surface area contributed by atoms with Crippen molar-refractivity contribution in [3.63, 3.8) is 0 Å². The van der Waals surface area contributed by atoms with Crippen LogP contribution in [0, 0.1) is 13.8 Å². The standard InChI is InChI=1S/C16H20N4O3S/c1-10-17-14(23-19-10)13-3-4-16(22-13)5-7-20(8-6-16)15(21)12-9-24-11(2)18-12/h9,13H,3-8H2,1-2H3/t13-/m0/s1. The molecule has 7 nitrogen and oxygen atoms in total. The van der Waals surface area contributed by atoms with Crippen molar-refractivity contribution >= 4 is 17.2 Å². The number of aromatic nitrogens is 3. The van der Waals surface area contributed by atoms with Crippen molar-refractivity contribution in [1.82, 2.24) is 20.0 Å². The minimum Gasteiger partial charge on any atom is -0.362 e. The van der Waals surface area contributed by atoms with Gasteiger partial charge in [-0.25, -0.2) is 4.98 Å². The Morgan fingerprint density at radius 3 is 2.71 bits per heavy atom. The lowest BCUT2D eigenvalue weighted by Gasteiger charge is -2.38. The predicted octanol–water partition coefficient (Wildman–Crippen LogP) is 2.67. The lowest BCUT2D eigenvalue weighted by molar-refractivity contribution is -0.0820. The summed E-state index contributed by atoms with van der Waals surface area (Å²) in [5, 5.41) is 6.60. The largest absolute Gasteiger partial charge is 0.362 e. The molecule has 128 valence electrons. The Labute approximate surface area is 144 Å². The van der Waals surface area contributed by atoms with E-state index in [-0.39, 0.29) is 17.6 Å². The van der Waals surface area contributed by atoms with Crippen LogP contribution in [-0.4, -0.2) is 44.6 Å². The minimum absolute atomic E-state index is 0.0243. The van der Waals surface area contributed by atoms with Crippen LogP contribution < -0.4 is 0 Å². The molecule has 1 amide bonds. The second-order valence-corrected chi connectivity index (χ2v) is 7.61. The number of carbonyl (C=O) groups excluding carboxylic acids is 1. The first kappa shape index (κ1) is 15.7. The average Bonchev–Trinajstić information content (AvgIpc) is 3.28. The summed E-state index contributed by atoms with van der Waals surface area (Å²) in [6, 6.07) is 0. The maximum Gasteiger partial charge on any atom is 0.273 e. The fraction of sp³-hybridized carbons (Fsp3) is 0.625. The molecule has 1 spiro atoms. The molecule has 2 fully saturated rings. The number of piperidine rings is 1. The molecule has 2 aliphatic rings. The van der Waals surface area contributed by atoms with Crippen molar-refractivity contribution in [2.45, 2.75) is 51.2 Å². The van der Waals surface area contributed by atoms with E-state index in [2.05, 4.69) is 15.1 Å². The maximum atomic E-state index is 12.5. The van der Waals surface area contributed by atoms with Gasteiger partial charge in [-0.15, -0.1) is 11.3 Å². The first-order valence-corrected chi connectivity index (χ1v) is 9.12. The second kappa shape index (κ2) is 5.93. The molecule has 0 aromatic carbocycles. The lowest BCUT2D eigenvalue weighted by Crippen LogP contribution is -2.46. The van der Waals surface area contributed by atoms with E-state index in [0.717, 1.165) is 30.7 Å². The van der Waals surface area contributed by atoms with Gasteiger partial charge in [0.2, 0.25) is 0 Å². The maximum absolute atomic E-state index is 12.5. The van der Waals surface area contributed by atoms with Crippen LogP contribution in [-0.2, 0) is 4.74 Å². The lowest BCUT2D eigenvalue weighted by atomic mass is 9.88. The van der Waals surface area contributed by atoms with E-state index in [1.807, 2.05) is 24.1 Å². The summed E-state index contributed by atoms with van der Waals surface area (Å²) in [6.07, 6.45) is 3.42. The van der Waals surface area contributed by atoms with Gasteiger partial charge in [-0.2, -0.15) is 4.98 Å². The first-order chi connectivity index (χ1) is 11.5. The molecule has 2 aromatic rings. The van der Waals surface area contributed by atoms with Crippen LogP contribution >= 0.6 is 11.3 Å². The Bertz CT molecular complexity index is 748. The van der Waals surface area contributed by atoms with Crippen LogP contribution in [0.25, 0.3) is 0 Å². The molecule has 8 heteroatoms. The van der Waals surface area contributed by atoms with Crippen LogP contribution in [0.1, 0.15) is 59.0 Å². The summed E-state index contributed by atoms with van der Waals surface area (Å²) < 4.78 is 11.5. The number of hydrogen-bond donors (Lipinski definition) is 0. The highest BCUT2D eigenvalue weighted by molar-refractivity contribution is 7.09. The predicted molar refractivity (Wildman–Crippen MR) is 86.8 cm³/mol. The number of ether oxygens (including phenoxy) is 1. The molecular formula is C16H20N4O3S. The van der Waals surface area contributed by atoms with Gasteiger partial charge < -0.3 is 14.2 Å². The fourth-order valence-corrected chi connectivity index (χ4v) is 4.13. The molecule has 4 heterocycles. The summed E-state index contributed by atoms with van der Waals surface area (Å²) in [5.41, 5.74) is 0.391. The molecule has 2 aliphatic heterocycles. The fourth-order valence-electron chi connectivity index (χ4n) is 3.54. The average molecular weight is 348 g/mol. The normalized spacial score (nSPS) is 23.1. The number of amides is 1. The third kappa shape index (κ3) is 2.84. The highest BCUT2D eigenvalue weighted by Crippen LogP contribution is 2.44. The number of carbonyl (C=O) groups is 1. The van der Waals surface area contributed by atoms with Gasteiger partial charge in [-0.1, -0.05) is 5.16 Å². The summed E-state index contributed by atoms with van der Waals surface area (Å²) >= 11 is 1.51. The molecule has 4 rings (SSSR count). The second-order valence-electron chi connectivity index (χ2n) is 6.55. The van der Waals surface area contributed by atoms with Gasteiger partial charge in [0, 0.05) is 18.5 Å². The third-order valence-electron chi connectivity index (χ3n) is 4.87. The summed E-state index contributed by atoms with van der Waals surface area (Å²) in [6.45, 7) is 5.12. The molecule has 0 radical (unpaired) electrons. The molecular weight excluding hydrogens is 328 g/mol. The highest BCUT2D eigenvalue weighted by Gasteiger charge is 2.45. The van der Waals surface area contributed by atoms with Crippen molar-refractivity contribution in [3.8, 4) is 0 Å². The van der Waals surface area contributed by atoms with Gasteiger partial charge >= 0.3 is 0 Å². The molecule has 24 heavy (non-hydrogen) atoms. The van der Waals surface area contributed by atoms with Gasteiger partial charge in [0.15, 0.2) is 5.82 Å². The van der Waals surface area contributed by atoms with Crippen molar-refractivity contribution < 1.29 is 14.1 Å². The van der Waals surface area contributed by atoms with E-state index >= 15 is 0 Å². The highest BCUT2D eigenvalue weighted by atomic mass is 32.1. The third-order valence-corrected chi connectivity index (χ3v) is 5.65. The SMILES string of the molecule is Cc1noc([C@@H]2CCC3(CCN(C(=O)c4csc(C)n4)CC3)O2)n1. The smallest absolute Gasteiger partial charge is 0.273 e. The zero-order chi connectivity index (χ0) is 16.7. The molecule has 0 aliphatic carbocycles. The monoisotopic (exact) mass is 348 g/mol. The van der Waals surface area contributed by atoms with Crippen LogP contribution in [0.15, 0.2) is 9.90 Å². The molecule has 0 bridgehead atoms. The summed E-state index contributed by atoms with van der Waals surface area (Å²) in [4.78, 5) is 23.0. The van der Waals surface area contributed by atoms with Crippen molar-refractivity contribution in [2.24, 2.45) is 0 Å². The van der Waals surface area contributed by atoms with Gasteiger partial charge in [0.1, 0.15) is 11.8 Å². The summed E-state index contributed by atoms with van der Waals surface area (Å²) in [5.74, 6) is 1.23. The number of likely N-dealkylation sites (tertiary alicyclic amines) is 1. The van der Waals surface area contributed by atoms with Crippen LogP contribution in [0.2, 0.25) is 0 Å². The Morgan fingerprint density at radius 2 is 2.08 bits per heavy atom. The van der Waals surface area contributed by atoms with E-state index in [0.29, 0.717) is 30.5 Å². The molecule has 1 atom stereocenters. The quantitative estimate of drug-likeness (QED) is 0.830. The van der Waals surface area contributed by atoms with Gasteiger partial charge in [0.05, 0.1) is 10.6 Å². The Morgan fingerprint density at radius 1 is 1.29 bits per heavy atom. The zero-order valence-corrected chi connectivity index (χ0v) is 14.6. The Kier molecular flexibility index (Phi) is 3.88. The van der Waals surface area contributed by atoms with E-state index < -0.39 is 0 Å². The molecule has 0 saturated carbocycles. The summed E-state index contributed by atoms with van der Waals surface area (Å²) in [7, 11) is 0. The Balaban J connectivity index is 1.38. The zero-order valence-electron chi connectivity index (χ0n) is 13.8.